The number of benzene rings is 3. The molecule has 3 aliphatic heterocycles. The molecule has 0 aromatic heterocycles. The van der Waals surface area contributed by atoms with Crippen molar-refractivity contribution in [2.45, 2.75) is 42.1 Å². The summed E-state index contributed by atoms with van der Waals surface area (Å²) in [5.74, 6) is -0.643. The molecule has 8 heteroatoms. The lowest BCUT2D eigenvalue weighted by atomic mass is 10.1. The van der Waals surface area contributed by atoms with E-state index in [0.717, 1.165) is 16.1 Å². The number of esters is 1. The highest BCUT2D eigenvalue weighted by atomic mass is 32.2. The summed E-state index contributed by atoms with van der Waals surface area (Å²) in [6, 6.07) is 19.6. The van der Waals surface area contributed by atoms with Gasteiger partial charge in [0.2, 0.25) is 12.2 Å². The molecule has 0 saturated carbocycles. The minimum Gasteiger partial charge on any atom is -0.460 e. The summed E-state index contributed by atoms with van der Waals surface area (Å²) in [6.07, 6.45) is -0.0218. The lowest BCUT2D eigenvalue weighted by Crippen LogP contribution is -2.47. The molecule has 1 fully saturated rings. The molecule has 0 unspecified atom stereocenters. The van der Waals surface area contributed by atoms with Crippen molar-refractivity contribution in [3.8, 4) is 5.75 Å². The molecule has 34 heavy (non-hydrogen) atoms. The fraction of sp³-hybridized carbons (Fsp3) is 0.231. The molecule has 0 spiro atoms. The van der Waals surface area contributed by atoms with Gasteiger partial charge >= 0.3 is 5.97 Å². The Bertz CT molecular complexity index is 1300. The van der Waals surface area contributed by atoms with Gasteiger partial charge in [0.05, 0.1) is 12.3 Å². The number of amides is 1. The average molecular weight is 478 g/mol. The smallest absolute Gasteiger partial charge is 0.343 e. The second kappa shape index (κ2) is 8.14. The van der Waals surface area contributed by atoms with Crippen LogP contribution in [0.4, 0.5) is 10.1 Å². The van der Waals surface area contributed by atoms with E-state index in [1.807, 2.05) is 54.6 Å². The fourth-order valence-electron chi connectivity index (χ4n) is 4.69. The van der Waals surface area contributed by atoms with Crippen molar-refractivity contribution in [2.24, 2.45) is 0 Å². The van der Waals surface area contributed by atoms with Crippen LogP contribution in [-0.4, -0.2) is 16.7 Å². The number of para-hydroxylation sites is 1. The van der Waals surface area contributed by atoms with Crippen molar-refractivity contribution in [2.75, 3.05) is 4.90 Å². The van der Waals surface area contributed by atoms with Crippen molar-refractivity contribution in [3.63, 3.8) is 0 Å². The predicted molar refractivity (Wildman–Crippen MR) is 123 cm³/mol. The second-order valence-electron chi connectivity index (χ2n) is 8.38. The maximum atomic E-state index is 14.3. The van der Waals surface area contributed by atoms with E-state index >= 15 is 0 Å². The first-order chi connectivity index (χ1) is 16.5. The van der Waals surface area contributed by atoms with Gasteiger partial charge in [0.1, 0.15) is 18.2 Å². The molecule has 0 N–H and O–H groups in total. The van der Waals surface area contributed by atoms with Crippen LogP contribution in [0.1, 0.15) is 35.8 Å². The van der Waals surface area contributed by atoms with Crippen molar-refractivity contribution < 1.29 is 28.2 Å². The SMILES string of the molecule is O=C1CC[C@@]2(C(=O)OCc3cc(F)cc4c3O[C@@H](c3ccccc3)OC4)Sc3ccccc3N12. The number of ether oxygens (including phenoxy) is 3. The van der Waals surface area contributed by atoms with Crippen LogP contribution >= 0.6 is 11.8 Å². The topological polar surface area (TPSA) is 65.1 Å². The normalized spacial score (nSPS) is 22.6. The standard InChI is InChI=1S/C26H20FNO5S/c27-19-12-17-14-31-24(16-6-2-1-3-7-16)33-23(17)18(13-19)15-32-25(30)26-11-10-22(29)28(26)20-8-4-5-9-21(20)34-26/h1-9,12-13,24H,10-11,14-15H2/t24-,26-/m0/s1. The van der Waals surface area contributed by atoms with Gasteiger partial charge < -0.3 is 14.2 Å². The van der Waals surface area contributed by atoms with Gasteiger partial charge in [-0.05, 0) is 24.3 Å². The predicted octanol–water partition coefficient (Wildman–Crippen LogP) is 5.11. The van der Waals surface area contributed by atoms with E-state index in [1.165, 1.54) is 23.9 Å². The van der Waals surface area contributed by atoms with Gasteiger partial charge in [-0.2, -0.15) is 0 Å². The number of carbonyl (C=O) groups excluding carboxylic acids is 2. The van der Waals surface area contributed by atoms with Gasteiger partial charge in [0.15, 0.2) is 4.87 Å². The fourth-order valence-corrected chi connectivity index (χ4v) is 6.10. The van der Waals surface area contributed by atoms with Crippen molar-refractivity contribution in [3.05, 3.63) is 89.2 Å². The first-order valence-corrected chi connectivity index (χ1v) is 11.8. The molecule has 0 bridgehead atoms. The summed E-state index contributed by atoms with van der Waals surface area (Å²) in [7, 11) is 0. The summed E-state index contributed by atoms with van der Waals surface area (Å²) >= 11 is 1.34. The van der Waals surface area contributed by atoms with Crippen LogP contribution in [0.2, 0.25) is 0 Å². The molecule has 1 amide bonds. The number of nitrogens with zero attached hydrogens (tertiary/aromatic N) is 1. The summed E-state index contributed by atoms with van der Waals surface area (Å²) in [6.45, 7) is -0.00784. The van der Waals surface area contributed by atoms with Gasteiger partial charge in [-0.1, -0.05) is 54.2 Å². The molecular formula is C26H20FNO5S. The van der Waals surface area contributed by atoms with Gasteiger partial charge in [0.25, 0.3) is 0 Å². The molecule has 2 atom stereocenters. The summed E-state index contributed by atoms with van der Waals surface area (Å²) in [5, 5.41) is 0. The Morgan fingerprint density at radius 1 is 1.15 bits per heavy atom. The molecule has 0 radical (unpaired) electrons. The zero-order chi connectivity index (χ0) is 23.3. The summed E-state index contributed by atoms with van der Waals surface area (Å²) in [5.41, 5.74) is 2.53. The van der Waals surface area contributed by atoms with Crippen LogP contribution in [0, 0.1) is 5.82 Å². The number of hydrogen-bond donors (Lipinski definition) is 0. The third-order valence-corrected chi connectivity index (χ3v) is 7.70. The Balaban J connectivity index is 1.25. The third kappa shape index (κ3) is 3.36. The highest BCUT2D eigenvalue weighted by molar-refractivity contribution is 8.02. The van der Waals surface area contributed by atoms with Crippen LogP contribution in [0.5, 0.6) is 5.75 Å². The zero-order valence-electron chi connectivity index (χ0n) is 18.0. The Hall–Kier alpha value is -3.36. The van der Waals surface area contributed by atoms with E-state index in [1.54, 1.807) is 4.90 Å². The summed E-state index contributed by atoms with van der Waals surface area (Å²) < 4.78 is 31.9. The van der Waals surface area contributed by atoms with Crippen molar-refractivity contribution >= 4 is 29.3 Å². The summed E-state index contributed by atoms with van der Waals surface area (Å²) in [4.78, 5) is 27.3. The molecule has 1 saturated heterocycles. The third-order valence-electron chi connectivity index (χ3n) is 6.25. The molecule has 3 heterocycles. The largest absolute Gasteiger partial charge is 0.460 e. The van der Waals surface area contributed by atoms with Crippen LogP contribution in [0.25, 0.3) is 0 Å². The van der Waals surface area contributed by atoms with E-state index in [4.69, 9.17) is 14.2 Å². The highest BCUT2D eigenvalue weighted by Gasteiger charge is 2.58. The van der Waals surface area contributed by atoms with E-state index < -0.39 is 22.9 Å². The molecular weight excluding hydrogens is 457 g/mol. The number of halogens is 1. The second-order valence-corrected chi connectivity index (χ2v) is 9.70. The molecule has 172 valence electrons. The van der Waals surface area contributed by atoms with Crippen LogP contribution in [0.15, 0.2) is 71.6 Å². The Labute approximate surface area is 199 Å². The Morgan fingerprint density at radius 2 is 1.94 bits per heavy atom. The van der Waals surface area contributed by atoms with Gasteiger partial charge in [-0.15, -0.1) is 0 Å². The number of hydrogen-bond acceptors (Lipinski definition) is 6. The van der Waals surface area contributed by atoms with Gasteiger partial charge in [-0.25, -0.2) is 9.18 Å². The van der Waals surface area contributed by atoms with E-state index in [-0.39, 0.29) is 25.5 Å². The van der Waals surface area contributed by atoms with Crippen molar-refractivity contribution in [1.82, 2.24) is 0 Å². The van der Waals surface area contributed by atoms with Gasteiger partial charge in [-0.3, -0.25) is 9.69 Å². The van der Waals surface area contributed by atoms with E-state index in [9.17, 15) is 14.0 Å². The lowest BCUT2D eigenvalue weighted by Gasteiger charge is -2.30. The lowest BCUT2D eigenvalue weighted by molar-refractivity contribution is -0.148. The van der Waals surface area contributed by atoms with Crippen molar-refractivity contribution in [1.29, 1.82) is 0 Å². The maximum Gasteiger partial charge on any atom is 0.343 e. The average Bonchev–Trinajstić information content (AvgIpc) is 3.38. The Morgan fingerprint density at radius 3 is 2.79 bits per heavy atom. The van der Waals surface area contributed by atoms with Gasteiger partial charge in [0, 0.05) is 34.4 Å². The molecule has 3 aliphatic rings. The number of anilines is 1. The number of rotatable bonds is 4. The minimum absolute atomic E-state index is 0.108. The van der Waals surface area contributed by atoms with E-state index in [0.29, 0.717) is 23.3 Å². The van der Waals surface area contributed by atoms with Crippen LogP contribution < -0.4 is 9.64 Å². The maximum absolute atomic E-state index is 14.3. The number of fused-ring (bicyclic) bond motifs is 4. The monoisotopic (exact) mass is 477 g/mol. The number of thioether (sulfide) groups is 1. The first-order valence-electron chi connectivity index (χ1n) is 11.0. The number of carbonyl (C=O) groups is 2. The molecule has 6 rings (SSSR count). The molecule has 6 nitrogen and oxygen atoms in total. The van der Waals surface area contributed by atoms with Crippen LogP contribution in [-0.2, 0) is 32.3 Å². The zero-order valence-corrected chi connectivity index (χ0v) is 18.8. The molecule has 0 aliphatic carbocycles. The molecule has 3 aromatic carbocycles. The molecule has 3 aromatic rings. The first kappa shape index (κ1) is 21.2. The Kier molecular flexibility index (Phi) is 5.08. The quantitative estimate of drug-likeness (QED) is 0.487. The highest BCUT2D eigenvalue weighted by Crippen LogP contribution is 2.56. The van der Waals surface area contributed by atoms with E-state index in [2.05, 4.69) is 0 Å². The minimum atomic E-state index is -1.13. The van der Waals surface area contributed by atoms with Crippen LogP contribution in [0.3, 0.4) is 0 Å².